The van der Waals surface area contributed by atoms with E-state index in [-0.39, 0.29) is 23.8 Å². The third kappa shape index (κ3) is 6.95. The smallest absolute Gasteiger partial charge is 0.264 e. The topological polar surface area (TPSA) is 86.8 Å². The van der Waals surface area contributed by atoms with Crippen LogP contribution in [0, 0.1) is 6.92 Å². The second-order valence-electron chi connectivity index (χ2n) is 9.49. The van der Waals surface area contributed by atoms with Crippen LogP contribution in [0.15, 0.2) is 120 Å². The summed E-state index contributed by atoms with van der Waals surface area (Å²) in [5, 5.41) is 2.69. The van der Waals surface area contributed by atoms with Crippen LogP contribution in [0.3, 0.4) is 0 Å². The predicted molar refractivity (Wildman–Crippen MR) is 157 cm³/mol. The fourth-order valence-corrected chi connectivity index (χ4v) is 5.89. The maximum Gasteiger partial charge on any atom is 0.264 e. The Hall–Kier alpha value is -4.43. The van der Waals surface area contributed by atoms with E-state index in [4.69, 9.17) is 0 Å². The second-order valence-corrected chi connectivity index (χ2v) is 11.3. The number of para-hydroxylation sites is 1. The molecule has 0 unspecified atom stereocenters. The third-order valence-corrected chi connectivity index (χ3v) is 8.43. The van der Waals surface area contributed by atoms with Crippen LogP contribution in [0.2, 0.25) is 0 Å². The number of amides is 2. The summed E-state index contributed by atoms with van der Waals surface area (Å²) in [6.07, 6.45) is 0.273. The molecular weight excluding hydrogens is 522 g/mol. The molecule has 0 aliphatic rings. The zero-order chi connectivity index (χ0) is 28.5. The predicted octanol–water partition coefficient (Wildman–Crippen LogP) is 4.58. The molecule has 0 fully saturated rings. The lowest BCUT2D eigenvalue weighted by Gasteiger charge is -2.33. The molecule has 4 aromatic rings. The van der Waals surface area contributed by atoms with Crippen molar-refractivity contribution in [2.75, 3.05) is 17.9 Å². The van der Waals surface area contributed by atoms with Crippen molar-refractivity contribution in [3.05, 3.63) is 132 Å². The second kappa shape index (κ2) is 13.1. The average Bonchev–Trinajstić information content (AvgIpc) is 2.99. The molecule has 206 valence electrons. The zero-order valence-corrected chi connectivity index (χ0v) is 23.4. The Morgan fingerprint density at radius 1 is 0.750 bits per heavy atom. The summed E-state index contributed by atoms with van der Waals surface area (Å²) >= 11 is 0. The number of hydrogen-bond acceptors (Lipinski definition) is 4. The molecule has 0 saturated carbocycles. The Morgan fingerprint density at radius 2 is 1.30 bits per heavy atom. The molecule has 0 heterocycles. The van der Waals surface area contributed by atoms with E-state index in [1.807, 2.05) is 61.5 Å². The normalized spacial score (nSPS) is 11.8. The van der Waals surface area contributed by atoms with E-state index in [9.17, 15) is 18.0 Å². The van der Waals surface area contributed by atoms with Crippen molar-refractivity contribution in [2.24, 2.45) is 0 Å². The number of likely N-dealkylation sites (N-methyl/N-ethyl adjacent to an activating group) is 1. The highest BCUT2D eigenvalue weighted by molar-refractivity contribution is 7.92. The molecule has 7 nitrogen and oxygen atoms in total. The van der Waals surface area contributed by atoms with Crippen LogP contribution in [0.25, 0.3) is 0 Å². The van der Waals surface area contributed by atoms with Gasteiger partial charge in [0.1, 0.15) is 12.6 Å². The highest BCUT2D eigenvalue weighted by Gasteiger charge is 2.34. The molecule has 1 atom stereocenters. The van der Waals surface area contributed by atoms with Gasteiger partial charge in [-0.1, -0.05) is 96.6 Å². The van der Waals surface area contributed by atoms with Gasteiger partial charge in [0.25, 0.3) is 10.0 Å². The van der Waals surface area contributed by atoms with Crippen molar-refractivity contribution in [3.8, 4) is 0 Å². The van der Waals surface area contributed by atoms with Gasteiger partial charge in [-0.3, -0.25) is 13.9 Å². The van der Waals surface area contributed by atoms with Crippen LogP contribution in [-0.4, -0.2) is 44.8 Å². The molecule has 1 N–H and O–H groups in total. The van der Waals surface area contributed by atoms with Gasteiger partial charge in [-0.15, -0.1) is 0 Å². The molecular formula is C32H33N3O4S. The zero-order valence-electron chi connectivity index (χ0n) is 22.6. The van der Waals surface area contributed by atoms with Gasteiger partial charge in [0, 0.05) is 20.0 Å². The van der Waals surface area contributed by atoms with E-state index in [1.54, 1.807) is 48.5 Å². The van der Waals surface area contributed by atoms with E-state index < -0.39 is 28.5 Å². The van der Waals surface area contributed by atoms with Crippen LogP contribution in [-0.2, 0) is 32.6 Å². The Morgan fingerprint density at radius 3 is 1.88 bits per heavy atom. The summed E-state index contributed by atoms with van der Waals surface area (Å²) in [6.45, 7) is 1.63. The SMILES string of the molecule is CNC(=O)[C@@H](Cc1ccccc1)N(Cc1ccc(C)cc1)C(=O)CN(c1ccccc1)S(=O)(=O)c1ccccc1. The van der Waals surface area contributed by atoms with E-state index in [2.05, 4.69) is 5.32 Å². The van der Waals surface area contributed by atoms with Gasteiger partial charge in [-0.05, 0) is 42.3 Å². The summed E-state index contributed by atoms with van der Waals surface area (Å²) in [5.74, 6) is -0.824. The molecule has 0 radical (unpaired) electrons. The molecule has 8 heteroatoms. The summed E-state index contributed by atoms with van der Waals surface area (Å²) in [7, 11) is -2.55. The van der Waals surface area contributed by atoms with Crippen LogP contribution in [0.4, 0.5) is 5.69 Å². The first-order valence-corrected chi connectivity index (χ1v) is 14.5. The molecule has 0 spiro atoms. The minimum absolute atomic E-state index is 0.0730. The molecule has 4 rings (SSSR count). The number of hydrogen-bond donors (Lipinski definition) is 1. The molecule has 4 aromatic carbocycles. The third-order valence-electron chi connectivity index (χ3n) is 6.65. The van der Waals surface area contributed by atoms with E-state index in [0.717, 1.165) is 21.0 Å². The Kier molecular flexibility index (Phi) is 9.35. The number of rotatable bonds is 11. The highest BCUT2D eigenvalue weighted by Crippen LogP contribution is 2.25. The van der Waals surface area contributed by atoms with Crippen molar-refractivity contribution in [1.29, 1.82) is 0 Å². The van der Waals surface area contributed by atoms with Gasteiger partial charge in [0.05, 0.1) is 10.6 Å². The number of nitrogens with zero attached hydrogens (tertiary/aromatic N) is 2. The van der Waals surface area contributed by atoms with Gasteiger partial charge in [0.2, 0.25) is 11.8 Å². The Bertz CT molecular complexity index is 1510. The summed E-state index contributed by atoms with van der Waals surface area (Å²) in [4.78, 5) is 29.0. The monoisotopic (exact) mass is 555 g/mol. The number of carbonyl (C=O) groups is 2. The Labute approximate surface area is 236 Å². The molecule has 0 bridgehead atoms. The quantitative estimate of drug-likeness (QED) is 0.294. The van der Waals surface area contributed by atoms with Crippen molar-refractivity contribution in [2.45, 2.75) is 30.8 Å². The van der Waals surface area contributed by atoms with E-state index in [0.29, 0.717) is 5.69 Å². The van der Waals surface area contributed by atoms with Crippen molar-refractivity contribution in [3.63, 3.8) is 0 Å². The lowest BCUT2D eigenvalue weighted by molar-refractivity contribution is -0.139. The fourth-order valence-electron chi connectivity index (χ4n) is 4.45. The number of sulfonamides is 1. The molecule has 40 heavy (non-hydrogen) atoms. The maximum atomic E-state index is 14.2. The van der Waals surface area contributed by atoms with Gasteiger partial charge in [-0.25, -0.2) is 8.42 Å². The molecule has 0 aliphatic heterocycles. The number of anilines is 1. The van der Waals surface area contributed by atoms with Gasteiger partial charge in [-0.2, -0.15) is 0 Å². The standard InChI is InChI=1S/C32H33N3O4S/c1-25-18-20-27(21-19-25)23-34(30(32(37)33-2)22-26-12-6-3-7-13-26)31(36)24-35(28-14-8-4-9-15-28)40(38,39)29-16-10-5-11-17-29/h3-21,30H,22-24H2,1-2H3,(H,33,37)/t30-/m1/s1. The number of nitrogens with one attached hydrogen (secondary N) is 1. The van der Waals surface area contributed by atoms with Gasteiger partial charge < -0.3 is 10.2 Å². The van der Waals surface area contributed by atoms with Crippen LogP contribution in [0.1, 0.15) is 16.7 Å². The lowest BCUT2D eigenvalue weighted by Crippen LogP contribution is -2.53. The first-order valence-electron chi connectivity index (χ1n) is 13.0. The van der Waals surface area contributed by atoms with Crippen LogP contribution >= 0.6 is 0 Å². The minimum atomic E-state index is -4.09. The van der Waals surface area contributed by atoms with Crippen molar-refractivity contribution in [1.82, 2.24) is 10.2 Å². The molecule has 0 aromatic heterocycles. The van der Waals surface area contributed by atoms with Gasteiger partial charge >= 0.3 is 0 Å². The largest absolute Gasteiger partial charge is 0.357 e. The Balaban J connectivity index is 1.76. The summed E-state index contributed by atoms with van der Waals surface area (Å²) in [6, 6.07) is 32.9. The van der Waals surface area contributed by atoms with Gasteiger partial charge in [0.15, 0.2) is 0 Å². The molecule has 0 saturated heterocycles. The minimum Gasteiger partial charge on any atom is -0.357 e. The van der Waals surface area contributed by atoms with Crippen molar-refractivity contribution < 1.29 is 18.0 Å². The number of benzene rings is 4. The number of aryl methyl sites for hydroxylation is 1. The molecule has 2 amide bonds. The van der Waals surface area contributed by atoms with E-state index in [1.165, 1.54) is 24.1 Å². The maximum absolute atomic E-state index is 14.2. The van der Waals surface area contributed by atoms with Crippen LogP contribution < -0.4 is 9.62 Å². The average molecular weight is 556 g/mol. The first-order chi connectivity index (χ1) is 19.3. The fraction of sp³-hybridized carbons (Fsp3) is 0.188. The van der Waals surface area contributed by atoms with E-state index >= 15 is 0 Å². The van der Waals surface area contributed by atoms with Crippen LogP contribution in [0.5, 0.6) is 0 Å². The highest BCUT2D eigenvalue weighted by atomic mass is 32.2. The molecule has 0 aliphatic carbocycles. The number of carbonyl (C=O) groups excluding carboxylic acids is 2. The summed E-state index contributed by atoms with van der Waals surface area (Å²) in [5.41, 5.74) is 3.14. The van der Waals surface area contributed by atoms with Crippen molar-refractivity contribution >= 4 is 27.5 Å². The lowest BCUT2D eigenvalue weighted by atomic mass is 10.0. The first kappa shape index (κ1) is 28.6. The summed E-state index contributed by atoms with van der Waals surface area (Å²) < 4.78 is 28.7.